The summed E-state index contributed by atoms with van der Waals surface area (Å²) in [7, 11) is -1.81. The normalized spacial score (nSPS) is 11.5. The van der Waals surface area contributed by atoms with Crippen molar-refractivity contribution in [2.45, 2.75) is 0 Å². The van der Waals surface area contributed by atoms with Crippen LogP contribution in [0.1, 0.15) is 0 Å². The second-order valence-corrected chi connectivity index (χ2v) is 8.14. The van der Waals surface area contributed by atoms with Crippen LogP contribution in [0.5, 0.6) is 5.75 Å². The SMILES string of the molecule is COc1cccc2c(Nc3ccc(NS(C)(=O)=O)cc3)c3ccc(=O)oc3nc12. The molecule has 0 aliphatic rings. The highest BCUT2D eigenvalue weighted by atomic mass is 32.2. The Labute approximate surface area is 166 Å². The number of methoxy groups -OCH3 is 1. The fourth-order valence-electron chi connectivity index (χ4n) is 3.05. The average molecular weight is 411 g/mol. The zero-order valence-electron chi connectivity index (χ0n) is 15.6. The molecule has 4 rings (SSSR count). The molecule has 0 fully saturated rings. The standard InChI is InChI=1S/C20H17N3O5S/c1-27-16-5-3-4-14-18(15-10-11-17(24)28-20(15)22-19(14)16)21-12-6-8-13(9-7-12)23-29(2,25)26/h3-11,23H,1-2H3,(H,21,22). The van der Waals surface area contributed by atoms with Gasteiger partial charge in [-0.25, -0.2) is 18.2 Å². The van der Waals surface area contributed by atoms with Gasteiger partial charge in [0.05, 0.1) is 24.4 Å². The molecule has 0 saturated carbocycles. The summed E-state index contributed by atoms with van der Waals surface area (Å²) in [6, 6.07) is 15.3. The Morgan fingerprint density at radius 1 is 0.966 bits per heavy atom. The third-order valence-electron chi connectivity index (χ3n) is 4.24. The molecule has 0 saturated heterocycles. The molecule has 0 aliphatic heterocycles. The van der Waals surface area contributed by atoms with Gasteiger partial charge in [-0.05, 0) is 36.4 Å². The van der Waals surface area contributed by atoms with E-state index in [1.54, 1.807) is 43.5 Å². The number of benzene rings is 2. The molecule has 0 radical (unpaired) electrons. The highest BCUT2D eigenvalue weighted by Gasteiger charge is 2.14. The Morgan fingerprint density at radius 3 is 2.38 bits per heavy atom. The van der Waals surface area contributed by atoms with Crippen LogP contribution >= 0.6 is 0 Å². The first-order chi connectivity index (χ1) is 13.8. The topological polar surface area (TPSA) is 111 Å². The molecule has 0 spiro atoms. The number of aromatic nitrogens is 1. The highest BCUT2D eigenvalue weighted by Crippen LogP contribution is 2.36. The van der Waals surface area contributed by atoms with Crippen molar-refractivity contribution in [1.82, 2.24) is 4.98 Å². The number of para-hydroxylation sites is 1. The summed E-state index contributed by atoms with van der Waals surface area (Å²) < 4.78 is 35.9. The van der Waals surface area contributed by atoms with E-state index in [1.165, 1.54) is 6.07 Å². The van der Waals surface area contributed by atoms with Crippen LogP contribution in [0.15, 0.2) is 63.8 Å². The Hall–Kier alpha value is -3.59. The minimum atomic E-state index is -3.35. The van der Waals surface area contributed by atoms with E-state index in [0.717, 1.165) is 11.6 Å². The molecule has 2 aromatic heterocycles. The number of nitrogens with one attached hydrogen (secondary N) is 2. The fourth-order valence-corrected chi connectivity index (χ4v) is 3.61. The second kappa shape index (κ2) is 7.10. The van der Waals surface area contributed by atoms with Crippen LogP contribution in [0.3, 0.4) is 0 Å². The minimum absolute atomic E-state index is 0.187. The number of ether oxygens (including phenoxy) is 1. The molecule has 0 amide bonds. The molecular formula is C20H17N3O5S. The lowest BCUT2D eigenvalue weighted by Gasteiger charge is -2.14. The number of nitrogens with zero attached hydrogens (tertiary/aromatic N) is 1. The lowest BCUT2D eigenvalue weighted by atomic mass is 10.1. The molecule has 4 aromatic rings. The summed E-state index contributed by atoms with van der Waals surface area (Å²) in [6.07, 6.45) is 1.09. The van der Waals surface area contributed by atoms with E-state index in [9.17, 15) is 13.2 Å². The molecule has 0 unspecified atom stereocenters. The van der Waals surface area contributed by atoms with Crippen molar-refractivity contribution in [3.63, 3.8) is 0 Å². The summed E-state index contributed by atoms with van der Waals surface area (Å²) in [5, 5.41) is 4.73. The number of hydrogen-bond donors (Lipinski definition) is 2. The molecule has 0 aliphatic carbocycles. The molecule has 0 bridgehead atoms. The number of sulfonamides is 1. The molecule has 2 aromatic carbocycles. The zero-order valence-corrected chi connectivity index (χ0v) is 16.4. The van der Waals surface area contributed by atoms with Gasteiger partial charge in [-0.2, -0.15) is 0 Å². The van der Waals surface area contributed by atoms with Crippen molar-refractivity contribution in [1.29, 1.82) is 0 Å². The molecular weight excluding hydrogens is 394 g/mol. The Bertz CT molecular complexity index is 1380. The van der Waals surface area contributed by atoms with Gasteiger partial charge in [0.15, 0.2) is 0 Å². The van der Waals surface area contributed by atoms with Gasteiger partial charge in [-0.1, -0.05) is 12.1 Å². The van der Waals surface area contributed by atoms with Gasteiger partial charge in [0.1, 0.15) is 11.3 Å². The van der Waals surface area contributed by atoms with Crippen molar-refractivity contribution in [3.8, 4) is 5.75 Å². The molecule has 9 heteroatoms. The van der Waals surface area contributed by atoms with E-state index < -0.39 is 15.6 Å². The van der Waals surface area contributed by atoms with E-state index in [-0.39, 0.29) is 5.71 Å². The zero-order chi connectivity index (χ0) is 20.6. The van der Waals surface area contributed by atoms with E-state index in [1.807, 2.05) is 12.1 Å². The summed E-state index contributed by atoms with van der Waals surface area (Å²) in [4.78, 5) is 16.1. The van der Waals surface area contributed by atoms with Gasteiger partial charge in [0.2, 0.25) is 15.7 Å². The summed E-state index contributed by atoms with van der Waals surface area (Å²) in [6.45, 7) is 0. The number of anilines is 3. The molecule has 29 heavy (non-hydrogen) atoms. The van der Waals surface area contributed by atoms with Crippen molar-refractivity contribution < 1.29 is 17.6 Å². The van der Waals surface area contributed by atoms with Gasteiger partial charge in [-0.15, -0.1) is 0 Å². The Balaban J connectivity index is 1.86. The quantitative estimate of drug-likeness (QED) is 0.484. The van der Waals surface area contributed by atoms with Gasteiger partial charge >= 0.3 is 5.63 Å². The molecule has 8 nitrogen and oxygen atoms in total. The van der Waals surface area contributed by atoms with E-state index in [0.29, 0.717) is 33.7 Å². The van der Waals surface area contributed by atoms with Crippen molar-refractivity contribution in [2.24, 2.45) is 0 Å². The van der Waals surface area contributed by atoms with Crippen LogP contribution in [0.4, 0.5) is 17.1 Å². The number of fused-ring (bicyclic) bond motifs is 2. The number of rotatable bonds is 5. The maximum absolute atomic E-state index is 11.7. The Morgan fingerprint density at radius 2 is 1.69 bits per heavy atom. The Kier molecular flexibility index (Phi) is 4.59. The monoisotopic (exact) mass is 411 g/mol. The van der Waals surface area contributed by atoms with Crippen LogP contribution in [0.25, 0.3) is 22.0 Å². The van der Waals surface area contributed by atoms with Crippen LogP contribution in [-0.2, 0) is 10.0 Å². The highest BCUT2D eigenvalue weighted by molar-refractivity contribution is 7.92. The summed E-state index contributed by atoms with van der Waals surface area (Å²) >= 11 is 0. The maximum atomic E-state index is 11.7. The molecule has 2 N–H and O–H groups in total. The number of hydrogen-bond acceptors (Lipinski definition) is 7. The predicted molar refractivity (Wildman–Crippen MR) is 113 cm³/mol. The lowest BCUT2D eigenvalue weighted by molar-refractivity contribution is 0.418. The fraction of sp³-hybridized carbons (Fsp3) is 0.100. The lowest BCUT2D eigenvalue weighted by Crippen LogP contribution is -2.09. The predicted octanol–water partition coefficient (Wildman–Crippen LogP) is 3.46. The van der Waals surface area contributed by atoms with E-state index in [2.05, 4.69) is 15.0 Å². The van der Waals surface area contributed by atoms with E-state index in [4.69, 9.17) is 9.15 Å². The smallest absolute Gasteiger partial charge is 0.337 e. The number of pyridine rings is 1. The van der Waals surface area contributed by atoms with Gasteiger partial charge in [0, 0.05) is 22.8 Å². The largest absolute Gasteiger partial charge is 0.494 e. The van der Waals surface area contributed by atoms with Crippen molar-refractivity contribution >= 4 is 49.1 Å². The van der Waals surface area contributed by atoms with Crippen LogP contribution < -0.4 is 20.4 Å². The summed E-state index contributed by atoms with van der Waals surface area (Å²) in [5.41, 5.74) is 2.10. The molecule has 148 valence electrons. The van der Waals surface area contributed by atoms with Gasteiger partial charge < -0.3 is 14.5 Å². The first-order valence-electron chi connectivity index (χ1n) is 8.59. The maximum Gasteiger partial charge on any atom is 0.337 e. The first kappa shape index (κ1) is 18.8. The van der Waals surface area contributed by atoms with Gasteiger partial charge in [0.25, 0.3) is 0 Å². The summed E-state index contributed by atoms with van der Waals surface area (Å²) in [5.74, 6) is 0.548. The molecule has 2 heterocycles. The third kappa shape index (κ3) is 3.85. The van der Waals surface area contributed by atoms with E-state index >= 15 is 0 Å². The average Bonchev–Trinajstić information content (AvgIpc) is 2.67. The van der Waals surface area contributed by atoms with Crippen LogP contribution in [0.2, 0.25) is 0 Å². The third-order valence-corrected chi connectivity index (χ3v) is 4.85. The van der Waals surface area contributed by atoms with Gasteiger partial charge in [-0.3, -0.25) is 4.72 Å². The van der Waals surface area contributed by atoms with Crippen molar-refractivity contribution in [3.05, 3.63) is 65.0 Å². The van der Waals surface area contributed by atoms with Crippen LogP contribution in [-0.4, -0.2) is 26.8 Å². The first-order valence-corrected chi connectivity index (χ1v) is 10.5. The molecule has 0 atom stereocenters. The minimum Gasteiger partial charge on any atom is -0.494 e. The van der Waals surface area contributed by atoms with Crippen molar-refractivity contribution in [2.75, 3.05) is 23.4 Å². The second-order valence-electron chi connectivity index (χ2n) is 6.39. The van der Waals surface area contributed by atoms with Crippen LogP contribution in [0, 0.1) is 0 Å².